The maximum Gasteiger partial charge on any atom is 0.482 e. The lowest BCUT2D eigenvalue weighted by Gasteiger charge is -2.06. The molecule has 0 atom stereocenters. The fraction of sp³-hybridized carbons (Fsp3) is 0.111. The molecule has 0 aliphatic rings. The van der Waals surface area contributed by atoms with Gasteiger partial charge in [-0.05, 0) is 24.6 Å². The van der Waals surface area contributed by atoms with Gasteiger partial charge in [0.15, 0.2) is 0 Å². The molecule has 13 heavy (non-hydrogen) atoms. The van der Waals surface area contributed by atoms with Crippen LogP contribution in [0.5, 0.6) is 5.75 Å². The summed E-state index contributed by atoms with van der Waals surface area (Å²) in [6.07, 6.45) is 3.48. The van der Waals surface area contributed by atoms with Crippen molar-refractivity contribution < 1.29 is 3.79 Å². The van der Waals surface area contributed by atoms with E-state index in [0.717, 1.165) is 22.3 Å². The van der Waals surface area contributed by atoms with Crippen molar-refractivity contribution in [1.29, 1.82) is 0 Å². The third-order valence-electron chi connectivity index (χ3n) is 1.92. The van der Waals surface area contributed by atoms with Gasteiger partial charge in [-0.15, -0.1) is 0 Å². The number of hydrogen-bond acceptors (Lipinski definition) is 3. The first kappa shape index (κ1) is 8.49. The Morgan fingerprint density at radius 2 is 1.85 bits per heavy atom. The molecule has 62 valence electrons. The van der Waals surface area contributed by atoms with Crippen LogP contribution in [-0.2, 0) is 0 Å². The van der Waals surface area contributed by atoms with E-state index < -0.39 is 0 Å². The second-order valence-electron chi connectivity index (χ2n) is 2.75. The molecule has 0 aromatic carbocycles. The van der Waals surface area contributed by atoms with Crippen molar-refractivity contribution in [3.05, 3.63) is 30.1 Å². The van der Waals surface area contributed by atoms with Gasteiger partial charge in [0.05, 0.1) is 5.52 Å². The first-order valence-corrected chi connectivity index (χ1v) is 4.37. The van der Waals surface area contributed by atoms with E-state index in [1.165, 1.54) is 0 Å². The Bertz CT molecular complexity index is 445. The number of pyridine rings is 2. The lowest BCUT2D eigenvalue weighted by molar-refractivity contribution is 0.621. The zero-order valence-corrected chi connectivity index (χ0v) is 8.34. The van der Waals surface area contributed by atoms with Crippen LogP contribution in [0.4, 0.5) is 0 Å². The quantitative estimate of drug-likeness (QED) is 0.631. The lowest BCUT2D eigenvalue weighted by Crippen LogP contribution is -1.92. The summed E-state index contributed by atoms with van der Waals surface area (Å²) in [7, 11) is 0. The van der Waals surface area contributed by atoms with E-state index in [-0.39, 0.29) is 0 Å². The average Bonchev–Trinajstić information content (AvgIpc) is 2.18. The first-order valence-electron chi connectivity index (χ1n) is 3.90. The average molecular weight is 186 g/mol. The first-order chi connectivity index (χ1) is 6.33. The molecule has 0 fully saturated rings. The minimum absolute atomic E-state index is 0.735. The van der Waals surface area contributed by atoms with Crippen molar-refractivity contribution in [2.24, 2.45) is 0 Å². The second-order valence-corrected chi connectivity index (χ2v) is 2.99. The van der Waals surface area contributed by atoms with Gasteiger partial charge in [-0.1, -0.05) is 0 Å². The van der Waals surface area contributed by atoms with E-state index in [9.17, 15) is 0 Å². The van der Waals surface area contributed by atoms with Gasteiger partial charge < -0.3 is 3.79 Å². The largest absolute Gasteiger partial charge is 0.652 e. The zero-order chi connectivity index (χ0) is 9.26. The standard InChI is InChI=1S/C9H8N2O.Al/c1-6-2-4-11-9-7(12)3-5-10-8(6)9;/h2-5H,1H3,(H,10,12);/q;+1/p-1. The Labute approximate surface area is 84.5 Å². The molecule has 2 aromatic rings. The molecule has 0 N–H and O–H groups in total. The third kappa shape index (κ3) is 1.39. The van der Waals surface area contributed by atoms with Crippen LogP contribution in [0.1, 0.15) is 5.56 Å². The predicted molar refractivity (Wildman–Crippen MR) is 50.7 cm³/mol. The van der Waals surface area contributed by atoms with Crippen LogP contribution in [0.25, 0.3) is 11.0 Å². The highest BCUT2D eigenvalue weighted by atomic mass is 27.1. The van der Waals surface area contributed by atoms with Crippen molar-refractivity contribution in [1.82, 2.24) is 9.97 Å². The number of fused-ring (bicyclic) bond motifs is 1. The Kier molecular flexibility index (Phi) is 2.17. The van der Waals surface area contributed by atoms with Gasteiger partial charge in [0.1, 0.15) is 11.3 Å². The summed E-state index contributed by atoms with van der Waals surface area (Å²) in [5, 5.41) is 0. The van der Waals surface area contributed by atoms with Crippen molar-refractivity contribution in [2.75, 3.05) is 0 Å². The van der Waals surface area contributed by atoms with E-state index in [2.05, 4.69) is 26.6 Å². The summed E-state index contributed by atoms with van der Waals surface area (Å²) in [4.78, 5) is 8.45. The van der Waals surface area contributed by atoms with Gasteiger partial charge in [0, 0.05) is 12.4 Å². The van der Waals surface area contributed by atoms with Gasteiger partial charge in [-0.3, -0.25) is 9.97 Å². The summed E-state index contributed by atoms with van der Waals surface area (Å²) in [5.41, 5.74) is 2.80. The van der Waals surface area contributed by atoms with Crippen molar-refractivity contribution >= 4 is 27.7 Å². The Morgan fingerprint density at radius 3 is 2.62 bits per heavy atom. The van der Waals surface area contributed by atoms with E-state index in [1.807, 2.05) is 13.0 Å². The van der Waals surface area contributed by atoms with E-state index in [0.29, 0.717) is 0 Å². The fourth-order valence-electron chi connectivity index (χ4n) is 1.25. The van der Waals surface area contributed by atoms with Crippen LogP contribution in [0.15, 0.2) is 24.5 Å². The van der Waals surface area contributed by atoms with Crippen molar-refractivity contribution in [3.63, 3.8) is 0 Å². The maximum absolute atomic E-state index is 5.10. The molecule has 2 rings (SSSR count). The number of aromatic nitrogens is 2. The molecule has 0 saturated heterocycles. The molecule has 3 nitrogen and oxygen atoms in total. The summed E-state index contributed by atoms with van der Waals surface area (Å²) < 4.78 is 5.10. The molecule has 0 aliphatic carbocycles. The zero-order valence-electron chi connectivity index (χ0n) is 7.19. The van der Waals surface area contributed by atoms with Crippen molar-refractivity contribution in [2.45, 2.75) is 6.92 Å². The van der Waals surface area contributed by atoms with Gasteiger partial charge in [0.2, 0.25) is 0 Å². The normalized spacial score (nSPS) is 10.2. The molecule has 2 radical (unpaired) electrons. The molecule has 0 unspecified atom stereocenters. The number of aryl methyl sites for hydroxylation is 1. The lowest BCUT2D eigenvalue weighted by atomic mass is 10.2. The second kappa shape index (κ2) is 3.33. The maximum atomic E-state index is 5.10. The topological polar surface area (TPSA) is 35.0 Å². The van der Waals surface area contributed by atoms with Crippen LogP contribution in [-0.4, -0.2) is 26.6 Å². The summed E-state index contributed by atoms with van der Waals surface area (Å²) in [5.74, 6) is 0.735. The fourth-order valence-corrected chi connectivity index (χ4v) is 1.44. The highest BCUT2D eigenvalue weighted by Crippen LogP contribution is 2.22. The summed E-state index contributed by atoms with van der Waals surface area (Å²) in [6, 6.07) is 3.73. The molecule has 0 bridgehead atoms. The Morgan fingerprint density at radius 1 is 1.15 bits per heavy atom. The van der Waals surface area contributed by atoms with Gasteiger partial charge in [-0.25, -0.2) is 0 Å². The highest BCUT2D eigenvalue weighted by molar-refractivity contribution is 6.01. The van der Waals surface area contributed by atoms with Crippen molar-refractivity contribution in [3.8, 4) is 5.75 Å². The molecule has 0 amide bonds. The predicted octanol–water partition coefficient (Wildman–Crippen LogP) is 1.40. The monoisotopic (exact) mass is 186 g/mol. The molecule has 0 saturated carbocycles. The molecule has 2 aromatic heterocycles. The van der Waals surface area contributed by atoms with E-state index in [4.69, 9.17) is 3.79 Å². The number of rotatable bonds is 1. The van der Waals surface area contributed by atoms with Crippen LogP contribution < -0.4 is 3.79 Å². The molecule has 4 heteroatoms. The Balaban J connectivity index is 2.84. The van der Waals surface area contributed by atoms with Crippen LogP contribution in [0.2, 0.25) is 0 Å². The Hall–Kier alpha value is -1.11. The van der Waals surface area contributed by atoms with E-state index in [1.54, 1.807) is 18.5 Å². The summed E-state index contributed by atoms with van der Waals surface area (Å²) in [6.45, 7) is 2.00. The van der Waals surface area contributed by atoms with E-state index >= 15 is 0 Å². The van der Waals surface area contributed by atoms with Gasteiger partial charge >= 0.3 is 16.6 Å². The van der Waals surface area contributed by atoms with Crippen LogP contribution >= 0.6 is 0 Å². The molecule has 2 heterocycles. The number of nitrogens with zero attached hydrogens (tertiary/aromatic N) is 2. The number of hydrogen-bond donors (Lipinski definition) is 0. The van der Waals surface area contributed by atoms with Gasteiger partial charge in [0.25, 0.3) is 0 Å². The SMILES string of the molecule is Cc1ccnc2c([O][Al])ccnc12. The molecular formula is C9H7AlN2O. The molecule has 0 aliphatic heterocycles. The minimum Gasteiger partial charge on any atom is -0.652 e. The summed E-state index contributed by atoms with van der Waals surface area (Å²) >= 11 is 2.21. The smallest absolute Gasteiger partial charge is 0.482 e. The molecular weight excluding hydrogens is 179 g/mol. The third-order valence-corrected chi connectivity index (χ3v) is 2.17. The molecule has 0 spiro atoms. The van der Waals surface area contributed by atoms with Gasteiger partial charge in [-0.2, -0.15) is 0 Å². The van der Waals surface area contributed by atoms with Crippen LogP contribution in [0, 0.1) is 6.92 Å². The minimum atomic E-state index is 0.735. The highest BCUT2D eigenvalue weighted by Gasteiger charge is 2.03. The van der Waals surface area contributed by atoms with Crippen LogP contribution in [0.3, 0.4) is 0 Å².